The molecule has 1 aromatic rings. The minimum atomic E-state index is -4.27. The predicted octanol–water partition coefficient (Wildman–Crippen LogP) is 2.14. The van der Waals surface area contributed by atoms with Crippen LogP contribution in [0.5, 0.6) is 0 Å². The zero-order valence-corrected chi connectivity index (χ0v) is 9.20. The van der Waals surface area contributed by atoms with Crippen LogP contribution in [0.2, 0.25) is 0 Å². The Kier molecular flexibility index (Phi) is 4.72. The minimum Gasteiger partial charge on any atom is -0.356 e. The third kappa shape index (κ3) is 5.69. The molecule has 1 amide bonds. The van der Waals surface area contributed by atoms with Gasteiger partial charge >= 0.3 is 6.18 Å². The molecule has 1 heterocycles. The topological polar surface area (TPSA) is 42.0 Å². The zero-order valence-electron chi connectivity index (χ0n) is 8.38. The molecule has 0 saturated heterocycles. The summed E-state index contributed by atoms with van der Waals surface area (Å²) in [6.45, 7) is 0.324. The summed E-state index contributed by atoms with van der Waals surface area (Å²) in [5, 5.41) is 5.09. The first-order valence-electron chi connectivity index (χ1n) is 4.69. The number of thiazole rings is 1. The second kappa shape index (κ2) is 5.83. The van der Waals surface area contributed by atoms with E-state index in [9.17, 15) is 18.0 Å². The van der Waals surface area contributed by atoms with Gasteiger partial charge in [-0.25, -0.2) is 4.98 Å². The number of amides is 1. The number of alkyl halides is 3. The van der Waals surface area contributed by atoms with Crippen LogP contribution < -0.4 is 5.32 Å². The summed E-state index contributed by atoms with van der Waals surface area (Å²) >= 11 is 1.45. The van der Waals surface area contributed by atoms with Gasteiger partial charge in [-0.3, -0.25) is 4.79 Å². The maximum atomic E-state index is 11.8. The van der Waals surface area contributed by atoms with Crippen molar-refractivity contribution in [3.8, 4) is 0 Å². The largest absolute Gasteiger partial charge is 0.389 e. The third-order valence-corrected chi connectivity index (χ3v) is 2.62. The average molecular weight is 252 g/mol. The fourth-order valence-corrected chi connectivity index (χ4v) is 1.65. The van der Waals surface area contributed by atoms with Gasteiger partial charge in [0.25, 0.3) is 0 Å². The molecule has 0 aliphatic rings. The molecule has 90 valence electrons. The normalized spacial score (nSPS) is 11.4. The Hall–Kier alpha value is -1.11. The molecule has 0 unspecified atom stereocenters. The fraction of sp³-hybridized carbons (Fsp3) is 0.556. The van der Waals surface area contributed by atoms with E-state index < -0.39 is 24.9 Å². The van der Waals surface area contributed by atoms with Crippen molar-refractivity contribution in [1.29, 1.82) is 0 Å². The Bertz CT molecular complexity index is 324. The molecule has 0 aliphatic heterocycles. The van der Waals surface area contributed by atoms with Crippen LogP contribution in [0.1, 0.15) is 17.8 Å². The summed E-state index contributed by atoms with van der Waals surface area (Å²) in [5.41, 5.74) is 0. The lowest BCUT2D eigenvalue weighted by molar-refractivity contribution is -0.144. The molecule has 0 aromatic carbocycles. The zero-order chi connectivity index (χ0) is 12.0. The average Bonchev–Trinajstić information content (AvgIpc) is 2.66. The van der Waals surface area contributed by atoms with E-state index in [-0.39, 0.29) is 0 Å². The van der Waals surface area contributed by atoms with E-state index in [2.05, 4.69) is 10.3 Å². The van der Waals surface area contributed by atoms with Gasteiger partial charge in [-0.15, -0.1) is 11.3 Å². The maximum absolute atomic E-state index is 11.8. The van der Waals surface area contributed by atoms with Gasteiger partial charge in [-0.1, -0.05) is 0 Å². The lowest BCUT2D eigenvalue weighted by Gasteiger charge is -2.06. The molecule has 7 heteroatoms. The van der Waals surface area contributed by atoms with E-state index in [1.807, 2.05) is 0 Å². The van der Waals surface area contributed by atoms with Gasteiger partial charge in [0.2, 0.25) is 5.91 Å². The second-order valence-electron chi connectivity index (χ2n) is 3.14. The molecule has 0 radical (unpaired) electrons. The van der Waals surface area contributed by atoms with Crippen molar-refractivity contribution in [3.05, 3.63) is 16.6 Å². The van der Waals surface area contributed by atoms with Crippen LogP contribution in [0.3, 0.4) is 0 Å². The van der Waals surface area contributed by atoms with E-state index in [0.717, 1.165) is 5.01 Å². The van der Waals surface area contributed by atoms with Crippen molar-refractivity contribution in [2.75, 3.05) is 6.54 Å². The Morgan fingerprint density at radius 2 is 2.25 bits per heavy atom. The van der Waals surface area contributed by atoms with Gasteiger partial charge in [-0.05, 0) is 0 Å². The molecule has 0 fully saturated rings. The highest BCUT2D eigenvalue weighted by Gasteiger charge is 2.27. The first-order chi connectivity index (χ1) is 7.47. The Balaban J connectivity index is 2.11. The monoisotopic (exact) mass is 252 g/mol. The van der Waals surface area contributed by atoms with Crippen molar-refractivity contribution in [3.63, 3.8) is 0 Å². The van der Waals surface area contributed by atoms with Crippen molar-refractivity contribution < 1.29 is 18.0 Å². The van der Waals surface area contributed by atoms with Crippen molar-refractivity contribution in [2.45, 2.75) is 25.4 Å². The molecule has 1 rings (SSSR count). The van der Waals surface area contributed by atoms with Gasteiger partial charge in [0.1, 0.15) is 0 Å². The van der Waals surface area contributed by atoms with Gasteiger partial charge in [0.15, 0.2) is 0 Å². The van der Waals surface area contributed by atoms with Crippen molar-refractivity contribution >= 4 is 17.2 Å². The lowest BCUT2D eigenvalue weighted by atomic mass is 10.3. The first kappa shape index (κ1) is 13.0. The summed E-state index contributed by atoms with van der Waals surface area (Å²) in [6.07, 6.45) is -3.66. The summed E-state index contributed by atoms with van der Waals surface area (Å²) in [6, 6.07) is 0. The quantitative estimate of drug-likeness (QED) is 0.872. The Morgan fingerprint density at radius 1 is 1.50 bits per heavy atom. The Labute approximate surface area is 94.7 Å². The highest BCUT2D eigenvalue weighted by molar-refractivity contribution is 7.09. The highest BCUT2D eigenvalue weighted by atomic mass is 32.1. The van der Waals surface area contributed by atoms with E-state index in [1.165, 1.54) is 11.3 Å². The highest BCUT2D eigenvalue weighted by Crippen LogP contribution is 2.20. The molecule has 3 nitrogen and oxygen atoms in total. The molecule has 1 N–H and O–H groups in total. The van der Waals surface area contributed by atoms with E-state index in [1.54, 1.807) is 11.6 Å². The SMILES string of the molecule is O=C(CCC(F)(F)F)NCCc1nccs1. The smallest absolute Gasteiger partial charge is 0.356 e. The van der Waals surface area contributed by atoms with Gasteiger partial charge in [-0.2, -0.15) is 13.2 Å². The maximum Gasteiger partial charge on any atom is 0.389 e. The number of nitrogens with one attached hydrogen (secondary N) is 1. The van der Waals surface area contributed by atoms with E-state index in [4.69, 9.17) is 0 Å². The van der Waals surface area contributed by atoms with Crippen LogP contribution >= 0.6 is 11.3 Å². The van der Waals surface area contributed by atoms with E-state index in [0.29, 0.717) is 13.0 Å². The number of aromatic nitrogens is 1. The number of hydrogen-bond acceptors (Lipinski definition) is 3. The molecule has 0 aliphatic carbocycles. The predicted molar refractivity (Wildman–Crippen MR) is 54.1 cm³/mol. The van der Waals surface area contributed by atoms with Crippen molar-refractivity contribution in [1.82, 2.24) is 10.3 Å². The van der Waals surface area contributed by atoms with Crippen LogP contribution in [0.4, 0.5) is 13.2 Å². The second-order valence-corrected chi connectivity index (χ2v) is 4.12. The van der Waals surface area contributed by atoms with Gasteiger partial charge < -0.3 is 5.32 Å². The number of nitrogens with zero attached hydrogens (tertiary/aromatic N) is 1. The molecule has 0 spiro atoms. The summed E-state index contributed by atoms with van der Waals surface area (Å²) in [5.74, 6) is -0.575. The number of carbonyl (C=O) groups excluding carboxylic acids is 1. The van der Waals surface area contributed by atoms with Gasteiger partial charge in [0, 0.05) is 31.0 Å². The van der Waals surface area contributed by atoms with Crippen LogP contribution in [0.25, 0.3) is 0 Å². The summed E-state index contributed by atoms with van der Waals surface area (Å²) in [4.78, 5) is 15.0. The molecule has 0 atom stereocenters. The van der Waals surface area contributed by atoms with Crippen molar-refractivity contribution in [2.24, 2.45) is 0 Å². The van der Waals surface area contributed by atoms with Crippen LogP contribution in [0.15, 0.2) is 11.6 Å². The number of rotatable bonds is 5. The molecular formula is C9H11F3N2OS. The van der Waals surface area contributed by atoms with Crippen LogP contribution in [0, 0.1) is 0 Å². The summed E-state index contributed by atoms with van der Waals surface area (Å²) in [7, 11) is 0. The van der Waals surface area contributed by atoms with E-state index >= 15 is 0 Å². The molecule has 1 aromatic heterocycles. The number of hydrogen-bond donors (Lipinski definition) is 1. The number of carbonyl (C=O) groups is 1. The van der Waals surface area contributed by atoms with Crippen LogP contribution in [-0.4, -0.2) is 23.6 Å². The van der Waals surface area contributed by atoms with Crippen LogP contribution in [-0.2, 0) is 11.2 Å². The molecule has 0 saturated carbocycles. The lowest BCUT2D eigenvalue weighted by Crippen LogP contribution is -2.26. The third-order valence-electron chi connectivity index (χ3n) is 1.78. The minimum absolute atomic E-state index is 0.324. The standard InChI is InChI=1S/C9H11F3N2OS/c10-9(11,12)3-1-7(15)13-4-2-8-14-5-6-16-8/h5-6H,1-4H2,(H,13,15). The first-order valence-corrected chi connectivity index (χ1v) is 5.57. The molecular weight excluding hydrogens is 241 g/mol. The molecule has 16 heavy (non-hydrogen) atoms. The molecule has 0 bridgehead atoms. The van der Waals surface area contributed by atoms with Gasteiger partial charge in [0.05, 0.1) is 11.4 Å². The number of halogens is 3. The fourth-order valence-electron chi connectivity index (χ4n) is 1.03. The summed E-state index contributed by atoms with van der Waals surface area (Å²) < 4.78 is 35.3. The Morgan fingerprint density at radius 3 is 2.81 bits per heavy atom.